The molecule has 33 heavy (non-hydrogen) atoms. The maximum atomic E-state index is 12.6. The average molecular weight is 453 g/mol. The number of ether oxygens (including phenoxy) is 1. The van der Waals surface area contributed by atoms with Crippen LogP contribution in [0.5, 0.6) is 0 Å². The molecule has 0 saturated heterocycles. The molecule has 2 amide bonds. The van der Waals surface area contributed by atoms with Crippen LogP contribution in [0.1, 0.15) is 58.1 Å². The van der Waals surface area contributed by atoms with E-state index >= 15 is 0 Å². The van der Waals surface area contributed by atoms with E-state index in [0.29, 0.717) is 0 Å². The maximum absolute atomic E-state index is 12.6. The SMILES string of the molecule is CC(C)(CC(=O)N[C@H](C(=O)O)C(C)(C)C)NC(=O)OCC1c2ccccc2-c2ccccc21. The summed E-state index contributed by atoms with van der Waals surface area (Å²) in [6.07, 6.45) is -0.711. The van der Waals surface area contributed by atoms with Crippen LogP contribution < -0.4 is 10.6 Å². The zero-order valence-corrected chi connectivity index (χ0v) is 19.8. The van der Waals surface area contributed by atoms with Gasteiger partial charge in [-0.3, -0.25) is 4.79 Å². The second-order valence-electron chi connectivity index (χ2n) is 10.2. The normalized spacial score (nSPS) is 14.1. The lowest BCUT2D eigenvalue weighted by atomic mass is 9.86. The van der Waals surface area contributed by atoms with E-state index < -0.39 is 35.0 Å². The summed E-state index contributed by atoms with van der Waals surface area (Å²) in [5.74, 6) is -1.61. The first kappa shape index (κ1) is 24.3. The first-order chi connectivity index (χ1) is 15.4. The topological polar surface area (TPSA) is 105 Å². The lowest BCUT2D eigenvalue weighted by Crippen LogP contribution is -2.53. The minimum absolute atomic E-state index is 0.0577. The molecule has 0 bridgehead atoms. The van der Waals surface area contributed by atoms with Crippen molar-refractivity contribution < 1.29 is 24.2 Å². The van der Waals surface area contributed by atoms with Crippen LogP contribution in [0.15, 0.2) is 48.5 Å². The Morgan fingerprint density at radius 3 is 1.94 bits per heavy atom. The van der Waals surface area contributed by atoms with Gasteiger partial charge in [0.2, 0.25) is 5.91 Å². The summed E-state index contributed by atoms with van der Waals surface area (Å²) in [4.78, 5) is 36.5. The van der Waals surface area contributed by atoms with Gasteiger partial charge in [-0.1, -0.05) is 69.3 Å². The summed E-state index contributed by atoms with van der Waals surface area (Å²) in [5, 5.41) is 14.7. The molecule has 0 spiro atoms. The van der Waals surface area contributed by atoms with E-state index in [2.05, 4.69) is 22.8 Å². The molecule has 2 aromatic carbocycles. The van der Waals surface area contributed by atoms with Gasteiger partial charge in [0.25, 0.3) is 0 Å². The van der Waals surface area contributed by atoms with E-state index in [1.165, 1.54) is 0 Å². The molecule has 176 valence electrons. The molecule has 3 N–H and O–H groups in total. The first-order valence-corrected chi connectivity index (χ1v) is 11.0. The van der Waals surface area contributed by atoms with Gasteiger partial charge < -0.3 is 20.5 Å². The molecule has 0 aliphatic heterocycles. The van der Waals surface area contributed by atoms with Crippen LogP contribution in [0.2, 0.25) is 0 Å². The standard InChI is InChI=1S/C26H32N2O5/c1-25(2,3)22(23(30)31)27-21(29)14-26(4,5)28-24(32)33-15-20-18-12-8-6-10-16(18)17-11-7-9-13-19(17)20/h6-13,20,22H,14-15H2,1-5H3,(H,27,29)(H,28,32)(H,30,31)/t22-/m1/s1. The minimum Gasteiger partial charge on any atom is -0.480 e. The van der Waals surface area contributed by atoms with Gasteiger partial charge in [-0.15, -0.1) is 0 Å². The Balaban J connectivity index is 1.59. The number of carbonyl (C=O) groups is 3. The molecule has 1 aliphatic rings. The quantitative estimate of drug-likeness (QED) is 0.581. The molecule has 7 heteroatoms. The number of carboxylic acid groups (broad SMARTS) is 1. The highest BCUT2D eigenvalue weighted by Gasteiger charge is 2.35. The van der Waals surface area contributed by atoms with Crippen LogP contribution in [-0.2, 0) is 14.3 Å². The zero-order valence-electron chi connectivity index (χ0n) is 19.8. The number of carbonyl (C=O) groups excluding carboxylic acids is 2. The van der Waals surface area contributed by atoms with E-state index in [1.807, 2.05) is 36.4 Å². The van der Waals surface area contributed by atoms with Crippen molar-refractivity contribution in [3.63, 3.8) is 0 Å². The monoisotopic (exact) mass is 452 g/mol. The molecular formula is C26H32N2O5. The van der Waals surface area contributed by atoms with Gasteiger partial charge >= 0.3 is 12.1 Å². The van der Waals surface area contributed by atoms with Crippen molar-refractivity contribution in [2.75, 3.05) is 6.61 Å². The second kappa shape index (κ2) is 9.25. The van der Waals surface area contributed by atoms with E-state index in [-0.39, 0.29) is 18.9 Å². The Bertz CT molecular complexity index is 1010. The van der Waals surface area contributed by atoms with Crippen molar-refractivity contribution in [1.29, 1.82) is 0 Å². The fraction of sp³-hybridized carbons (Fsp3) is 0.423. The minimum atomic E-state index is -1.10. The lowest BCUT2D eigenvalue weighted by Gasteiger charge is -2.30. The van der Waals surface area contributed by atoms with E-state index in [4.69, 9.17) is 4.74 Å². The van der Waals surface area contributed by atoms with Crippen LogP contribution in [0.3, 0.4) is 0 Å². The van der Waals surface area contributed by atoms with Crippen molar-refractivity contribution in [3.8, 4) is 11.1 Å². The molecule has 1 atom stereocenters. The Morgan fingerprint density at radius 2 is 1.45 bits per heavy atom. The molecule has 0 saturated carbocycles. The highest BCUT2D eigenvalue weighted by Crippen LogP contribution is 2.44. The smallest absolute Gasteiger partial charge is 0.407 e. The molecule has 0 radical (unpaired) electrons. The van der Waals surface area contributed by atoms with Crippen LogP contribution in [0.25, 0.3) is 11.1 Å². The highest BCUT2D eigenvalue weighted by molar-refractivity contribution is 5.85. The number of carboxylic acids is 1. The molecule has 0 fully saturated rings. The van der Waals surface area contributed by atoms with Crippen LogP contribution >= 0.6 is 0 Å². The Labute approximate surface area is 194 Å². The average Bonchev–Trinajstić information content (AvgIpc) is 3.02. The number of aliphatic carboxylic acids is 1. The number of nitrogens with one attached hydrogen (secondary N) is 2. The molecule has 0 aromatic heterocycles. The summed E-state index contributed by atoms with van der Waals surface area (Å²) in [7, 11) is 0. The highest BCUT2D eigenvalue weighted by atomic mass is 16.5. The van der Waals surface area contributed by atoms with Crippen LogP contribution in [0.4, 0.5) is 4.79 Å². The predicted molar refractivity (Wildman–Crippen MR) is 126 cm³/mol. The van der Waals surface area contributed by atoms with Gasteiger partial charge in [-0.2, -0.15) is 0 Å². The van der Waals surface area contributed by atoms with Crippen LogP contribution in [-0.4, -0.2) is 41.3 Å². The fourth-order valence-electron chi connectivity index (χ4n) is 4.22. The third-order valence-corrected chi connectivity index (χ3v) is 5.80. The Hall–Kier alpha value is -3.35. The van der Waals surface area contributed by atoms with Crippen molar-refractivity contribution >= 4 is 18.0 Å². The van der Waals surface area contributed by atoms with Gasteiger partial charge in [0.15, 0.2) is 0 Å². The Morgan fingerprint density at radius 1 is 0.939 bits per heavy atom. The summed E-state index contributed by atoms with van der Waals surface area (Å²) in [6, 6.07) is 15.1. The number of rotatable bonds is 7. The summed E-state index contributed by atoms with van der Waals surface area (Å²) >= 11 is 0. The van der Waals surface area contributed by atoms with Gasteiger partial charge in [0, 0.05) is 17.9 Å². The Kier molecular flexibility index (Phi) is 6.81. The van der Waals surface area contributed by atoms with E-state index in [9.17, 15) is 19.5 Å². The molecule has 0 heterocycles. The zero-order chi connectivity index (χ0) is 24.4. The number of benzene rings is 2. The van der Waals surface area contributed by atoms with Gasteiger partial charge in [-0.05, 0) is 41.5 Å². The lowest BCUT2D eigenvalue weighted by molar-refractivity contribution is -0.145. The summed E-state index contributed by atoms with van der Waals surface area (Å²) in [6.45, 7) is 8.79. The fourth-order valence-corrected chi connectivity index (χ4v) is 4.22. The largest absolute Gasteiger partial charge is 0.480 e. The number of alkyl carbamates (subject to hydrolysis) is 1. The summed E-state index contributed by atoms with van der Waals surface area (Å²) in [5.41, 5.74) is 2.95. The van der Waals surface area contributed by atoms with Gasteiger partial charge in [0.1, 0.15) is 12.6 Å². The maximum Gasteiger partial charge on any atom is 0.407 e. The molecular weight excluding hydrogens is 420 g/mol. The molecule has 1 aliphatic carbocycles. The van der Waals surface area contributed by atoms with Gasteiger partial charge in [0.05, 0.1) is 0 Å². The van der Waals surface area contributed by atoms with E-state index in [0.717, 1.165) is 22.3 Å². The van der Waals surface area contributed by atoms with Crippen LogP contribution in [0, 0.1) is 5.41 Å². The third kappa shape index (κ3) is 5.72. The number of amides is 2. The number of fused-ring (bicyclic) bond motifs is 3. The van der Waals surface area contributed by atoms with Crippen molar-refractivity contribution in [1.82, 2.24) is 10.6 Å². The molecule has 3 rings (SSSR count). The van der Waals surface area contributed by atoms with Crippen molar-refractivity contribution in [2.45, 2.75) is 58.5 Å². The van der Waals surface area contributed by atoms with Crippen molar-refractivity contribution in [2.24, 2.45) is 5.41 Å². The number of hydrogen-bond acceptors (Lipinski definition) is 4. The molecule has 2 aromatic rings. The third-order valence-electron chi connectivity index (χ3n) is 5.80. The number of hydrogen-bond donors (Lipinski definition) is 3. The first-order valence-electron chi connectivity index (χ1n) is 11.0. The van der Waals surface area contributed by atoms with Crippen molar-refractivity contribution in [3.05, 3.63) is 59.7 Å². The summed E-state index contributed by atoms with van der Waals surface area (Å²) < 4.78 is 5.55. The molecule has 0 unspecified atom stereocenters. The predicted octanol–water partition coefficient (Wildman–Crippen LogP) is 4.31. The molecule has 7 nitrogen and oxygen atoms in total. The van der Waals surface area contributed by atoms with E-state index in [1.54, 1.807) is 34.6 Å². The van der Waals surface area contributed by atoms with Gasteiger partial charge in [-0.25, -0.2) is 9.59 Å². The second-order valence-corrected chi connectivity index (χ2v) is 10.2.